The van der Waals surface area contributed by atoms with Gasteiger partial charge in [-0.1, -0.05) is 6.58 Å². The lowest BCUT2D eigenvalue weighted by Gasteiger charge is -2.10. The summed E-state index contributed by atoms with van der Waals surface area (Å²) in [6.07, 6.45) is 5.84. The molecule has 0 spiro atoms. The van der Waals surface area contributed by atoms with Crippen molar-refractivity contribution >= 4 is 12.4 Å². The molecule has 1 aliphatic rings. The number of hydrogen-bond acceptors (Lipinski definition) is 4. The van der Waals surface area contributed by atoms with Crippen molar-refractivity contribution < 1.29 is 4.74 Å². The summed E-state index contributed by atoms with van der Waals surface area (Å²) < 4.78 is 7.09. The van der Waals surface area contributed by atoms with Crippen LogP contribution in [-0.4, -0.2) is 23.6 Å². The van der Waals surface area contributed by atoms with Gasteiger partial charge in [-0.15, -0.1) is 5.10 Å². The number of aromatic nitrogens is 2. The van der Waals surface area contributed by atoms with Crippen LogP contribution in [0.15, 0.2) is 24.1 Å². The predicted octanol–water partition coefficient (Wildman–Crippen LogP) is 1.79. The van der Waals surface area contributed by atoms with E-state index in [1.54, 1.807) is 18.3 Å². The normalized spacial score (nSPS) is 14.7. The van der Waals surface area contributed by atoms with Crippen LogP contribution < -0.4 is 9.75 Å². The first kappa shape index (κ1) is 9.76. The van der Waals surface area contributed by atoms with Crippen molar-refractivity contribution in [3.05, 3.63) is 19.0 Å². The van der Waals surface area contributed by atoms with Gasteiger partial charge in [0.1, 0.15) is 5.69 Å². The van der Waals surface area contributed by atoms with Crippen molar-refractivity contribution in [2.75, 3.05) is 12.1 Å². The van der Waals surface area contributed by atoms with Gasteiger partial charge < -0.3 is 4.74 Å². The van der Waals surface area contributed by atoms with Crippen molar-refractivity contribution in [2.45, 2.75) is 18.9 Å². The highest BCUT2D eigenvalue weighted by molar-refractivity contribution is 5.56. The molecule has 1 aliphatic carbocycles. The average molecular weight is 206 g/mol. The molecule has 1 saturated carbocycles. The van der Waals surface area contributed by atoms with E-state index in [1.807, 2.05) is 10.9 Å². The highest BCUT2D eigenvalue weighted by atomic mass is 16.5. The lowest BCUT2D eigenvalue weighted by molar-refractivity contribution is 0.389. The van der Waals surface area contributed by atoms with Crippen LogP contribution in [-0.2, 0) is 0 Å². The first-order valence-corrected chi connectivity index (χ1v) is 4.81. The lowest BCUT2D eigenvalue weighted by Crippen LogP contribution is -2.05. The standard InChI is InChI=1S/C10H14N4O/c1-4-13(11-2)9-7-14(8-5-6-8)12-10(9)15-3/h4,7-8H,1-2,5-6H2,3H3. The number of methoxy groups -OCH3 is 1. The zero-order chi connectivity index (χ0) is 10.8. The van der Waals surface area contributed by atoms with Gasteiger partial charge in [0.25, 0.3) is 5.88 Å². The Morgan fingerprint density at radius 1 is 1.73 bits per heavy atom. The second kappa shape index (κ2) is 3.76. The number of hydrogen-bond donors (Lipinski definition) is 0. The van der Waals surface area contributed by atoms with Gasteiger partial charge in [-0.05, 0) is 12.8 Å². The fourth-order valence-electron chi connectivity index (χ4n) is 1.43. The number of rotatable bonds is 5. The molecule has 0 unspecified atom stereocenters. The fourth-order valence-corrected chi connectivity index (χ4v) is 1.43. The first-order valence-electron chi connectivity index (χ1n) is 4.81. The molecule has 0 atom stereocenters. The van der Waals surface area contributed by atoms with Crippen LogP contribution in [0.5, 0.6) is 5.88 Å². The molecule has 1 aromatic rings. The van der Waals surface area contributed by atoms with E-state index in [2.05, 4.69) is 23.5 Å². The molecule has 0 bridgehead atoms. The molecule has 5 nitrogen and oxygen atoms in total. The second-order valence-electron chi connectivity index (χ2n) is 3.40. The van der Waals surface area contributed by atoms with Gasteiger partial charge >= 0.3 is 0 Å². The Labute approximate surface area is 88.6 Å². The van der Waals surface area contributed by atoms with Crippen LogP contribution in [0.1, 0.15) is 18.9 Å². The molecule has 15 heavy (non-hydrogen) atoms. The van der Waals surface area contributed by atoms with Gasteiger partial charge in [0.05, 0.1) is 19.3 Å². The monoisotopic (exact) mass is 206 g/mol. The second-order valence-corrected chi connectivity index (χ2v) is 3.40. The Bertz CT molecular complexity index is 373. The Morgan fingerprint density at radius 2 is 2.47 bits per heavy atom. The molecular formula is C10H14N4O. The maximum atomic E-state index is 5.18. The maximum absolute atomic E-state index is 5.18. The first-order chi connectivity index (χ1) is 7.30. The zero-order valence-corrected chi connectivity index (χ0v) is 8.76. The van der Waals surface area contributed by atoms with Crippen LogP contribution in [0, 0.1) is 0 Å². The Kier molecular flexibility index (Phi) is 2.45. The third-order valence-corrected chi connectivity index (χ3v) is 2.37. The fraction of sp³-hybridized carbons (Fsp3) is 0.400. The summed E-state index contributed by atoms with van der Waals surface area (Å²) in [5.41, 5.74) is 0.773. The summed E-state index contributed by atoms with van der Waals surface area (Å²) in [5, 5.41) is 9.68. The minimum atomic E-state index is 0.518. The predicted molar refractivity (Wildman–Crippen MR) is 59.3 cm³/mol. The van der Waals surface area contributed by atoms with Crippen molar-refractivity contribution in [1.82, 2.24) is 9.78 Å². The van der Waals surface area contributed by atoms with Gasteiger partial charge in [-0.2, -0.15) is 5.10 Å². The van der Waals surface area contributed by atoms with E-state index in [-0.39, 0.29) is 0 Å². The van der Waals surface area contributed by atoms with Crippen LogP contribution in [0.4, 0.5) is 5.69 Å². The van der Waals surface area contributed by atoms with Gasteiger partial charge in [-0.25, -0.2) is 5.01 Å². The van der Waals surface area contributed by atoms with E-state index in [4.69, 9.17) is 4.74 Å². The van der Waals surface area contributed by atoms with E-state index in [1.165, 1.54) is 12.8 Å². The number of hydrazone groups is 1. The van der Waals surface area contributed by atoms with Crippen LogP contribution in [0.25, 0.3) is 0 Å². The van der Waals surface area contributed by atoms with Crippen LogP contribution in [0.2, 0.25) is 0 Å². The van der Waals surface area contributed by atoms with E-state index in [0.717, 1.165) is 5.69 Å². The molecule has 0 saturated heterocycles. The largest absolute Gasteiger partial charge is 0.478 e. The smallest absolute Gasteiger partial charge is 0.258 e. The van der Waals surface area contributed by atoms with Gasteiger partial charge in [-0.3, -0.25) is 4.68 Å². The number of ether oxygens (including phenoxy) is 1. The molecule has 1 heterocycles. The molecule has 1 fully saturated rings. The summed E-state index contributed by atoms with van der Waals surface area (Å²) in [5.74, 6) is 0.550. The molecule has 0 amide bonds. The summed E-state index contributed by atoms with van der Waals surface area (Å²) in [4.78, 5) is 0. The van der Waals surface area contributed by atoms with Crippen LogP contribution in [0.3, 0.4) is 0 Å². The maximum Gasteiger partial charge on any atom is 0.258 e. The lowest BCUT2D eigenvalue weighted by atomic mass is 10.5. The van der Waals surface area contributed by atoms with E-state index in [9.17, 15) is 0 Å². The van der Waals surface area contributed by atoms with Crippen molar-refractivity contribution in [2.24, 2.45) is 5.10 Å². The van der Waals surface area contributed by atoms with E-state index < -0.39 is 0 Å². The van der Waals surface area contributed by atoms with Crippen molar-refractivity contribution in [3.8, 4) is 5.88 Å². The molecule has 0 aromatic carbocycles. The highest BCUT2D eigenvalue weighted by Crippen LogP contribution is 2.38. The average Bonchev–Trinajstić information content (AvgIpc) is 3.02. The molecule has 80 valence electrons. The highest BCUT2D eigenvalue weighted by Gasteiger charge is 2.27. The minimum absolute atomic E-state index is 0.518. The minimum Gasteiger partial charge on any atom is -0.478 e. The van der Waals surface area contributed by atoms with E-state index in [0.29, 0.717) is 11.9 Å². The Hall–Kier alpha value is -1.78. The summed E-state index contributed by atoms with van der Waals surface area (Å²) in [6.45, 7) is 7.12. The molecule has 5 heteroatoms. The summed E-state index contributed by atoms with van der Waals surface area (Å²) in [6, 6.07) is 0.518. The molecule has 0 radical (unpaired) electrons. The summed E-state index contributed by atoms with van der Waals surface area (Å²) in [7, 11) is 1.59. The number of anilines is 1. The SMILES string of the molecule is C=CN(N=C)c1cn(C2CC2)nc1OC. The van der Waals surface area contributed by atoms with E-state index >= 15 is 0 Å². The molecule has 0 N–H and O–H groups in total. The quantitative estimate of drug-likeness (QED) is 0.545. The summed E-state index contributed by atoms with van der Waals surface area (Å²) >= 11 is 0. The molecular weight excluding hydrogens is 192 g/mol. The van der Waals surface area contributed by atoms with Gasteiger partial charge in [0.15, 0.2) is 0 Å². The van der Waals surface area contributed by atoms with Crippen molar-refractivity contribution in [1.29, 1.82) is 0 Å². The van der Waals surface area contributed by atoms with Gasteiger partial charge in [0.2, 0.25) is 0 Å². The molecule has 2 rings (SSSR count). The zero-order valence-electron chi connectivity index (χ0n) is 8.76. The number of nitrogens with zero attached hydrogens (tertiary/aromatic N) is 4. The topological polar surface area (TPSA) is 42.7 Å². The van der Waals surface area contributed by atoms with Crippen LogP contribution >= 0.6 is 0 Å². The third-order valence-electron chi connectivity index (χ3n) is 2.37. The Morgan fingerprint density at radius 3 is 2.93 bits per heavy atom. The third kappa shape index (κ3) is 1.72. The van der Waals surface area contributed by atoms with Gasteiger partial charge in [0, 0.05) is 12.9 Å². The van der Waals surface area contributed by atoms with Crippen molar-refractivity contribution in [3.63, 3.8) is 0 Å². The molecule has 1 aromatic heterocycles. The Balaban J connectivity index is 2.34. The molecule has 0 aliphatic heterocycles.